The van der Waals surface area contributed by atoms with Crippen LogP contribution in [0.5, 0.6) is 0 Å². The maximum Gasteiger partial charge on any atom is 0.128 e. The van der Waals surface area contributed by atoms with Crippen molar-refractivity contribution in [2.75, 3.05) is 0 Å². The first-order valence-electron chi connectivity index (χ1n) is 5.18. The Morgan fingerprint density at radius 3 is 2.94 bits per heavy atom. The van der Waals surface area contributed by atoms with Crippen molar-refractivity contribution in [3.8, 4) is 0 Å². The topological polar surface area (TPSA) is 38.9 Å². The predicted octanol–water partition coefficient (Wildman–Crippen LogP) is 3.60. The Hall–Kier alpha value is -0.780. The molecule has 2 nitrogen and oxygen atoms in total. The number of nitrogens with zero attached hydrogens (tertiary/aromatic N) is 1. The molecule has 1 aromatic carbocycles. The molecule has 0 fully saturated rings. The number of nitrogens with two attached hydrogens (primary N) is 1. The van der Waals surface area contributed by atoms with Crippen molar-refractivity contribution >= 4 is 27.3 Å². The number of hydrogen-bond acceptors (Lipinski definition) is 3. The predicted molar refractivity (Wildman–Crippen MR) is 71.6 cm³/mol. The van der Waals surface area contributed by atoms with Gasteiger partial charge in [0, 0.05) is 27.9 Å². The van der Waals surface area contributed by atoms with E-state index in [1.165, 1.54) is 6.07 Å². The number of hydrogen-bond donors (Lipinski definition) is 1. The number of benzene rings is 1. The minimum atomic E-state index is -0.367. The normalized spacial score (nSPS) is 12.7. The number of thiazole rings is 1. The lowest BCUT2D eigenvalue weighted by Gasteiger charge is -2.12. The highest BCUT2D eigenvalue weighted by Gasteiger charge is 2.13. The van der Waals surface area contributed by atoms with Crippen LogP contribution >= 0.6 is 27.3 Å². The van der Waals surface area contributed by atoms with Gasteiger partial charge in [-0.25, -0.2) is 9.37 Å². The number of aromatic nitrogens is 1. The van der Waals surface area contributed by atoms with Crippen LogP contribution in [0.25, 0.3) is 0 Å². The van der Waals surface area contributed by atoms with E-state index in [9.17, 15) is 4.39 Å². The van der Waals surface area contributed by atoms with Crippen molar-refractivity contribution in [1.29, 1.82) is 0 Å². The van der Waals surface area contributed by atoms with Crippen molar-refractivity contribution in [3.05, 3.63) is 50.1 Å². The molecule has 2 rings (SSSR count). The number of halogens is 2. The minimum absolute atomic E-state index is 0.271. The maximum absolute atomic E-state index is 13.6. The summed E-state index contributed by atoms with van der Waals surface area (Å²) in [5.74, 6) is -0.271. The highest BCUT2D eigenvalue weighted by molar-refractivity contribution is 9.10. The second-order valence-corrected chi connectivity index (χ2v) is 5.81. The fourth-order valence-electron chi connectivity index (χ4n) is 1.64. The SMILES string of the molecule is Cc1nc(CC(N)c2cc(Br)ccc2F)cs1. The van der Waals surface area contributed by atoms with Crippen LogP contribution in [0.4, 0.5) is 4.39 Å². The molecule has 1 heterocycles. The van der Waals surface area contributed by atoms with Crippen LogP contribution in [0.1, 0.15) is 22.3 Å². The molecule has 0 aliphatic carbocycles. The standard InChI is InChI=1S/C12H12BrFN2S/c1-7-16-9(6-17-7)5-12(15)10-4-8(13)2-3-11(10)14/h2-4,6,12H,5,15H2,1H3. The summed E-state index contributed by atoms with van der Waals surface area (Å²) in [6, 6.07) is 4.44. The van der Waals surface area contributed by atoms with Gasteiger partial charge in [0.2, 0.25) is 0 Å². The van der Waals surface area contributed by atoms with E-state index in [1.54, 1.807) is 23.5 Å². The molecule has 0 radical (unpaired) electrons. The molecule has 17 heavy (non-hydrogen) atoms. The Kier molecular flexibility index (Phi) is 3.91. The quantitative estimate of drug-likeness (QED) is 0.940. The smallest absolute Gasteiger partial charge is 0.128 e. The molecule has 1 atom stereocenters. The highest BCUT2D eigenvalue weighted by Crippen LogP contribution is 2.23. The molecule has 0 aliphatic heterocycles. The molecule has 0 amide bonds. The van der Waals surface area contributed by atoms with Gasteiger partial charge in [-0.15, -0.1) is 11.3 Å². The maximum atomic E-state index is 13.6. The van der Waals surface area contributed by atoms with Crippen molar-refractivity contribution in [1.82, 2.24) is 4.98 Å². The molecule has 2 N–H and O–H groups in total. The van der Waals surface area contributed by atoms with Crippen molar-refractivity contribution in [3.63, 3.8) is 0 Å². The Morgan fingerprint density at radius 2 is 2.29 bits per heavy atom. The molecule has 0 saturated carbocycles. The van der Waals surface area contributed by atoms with E-state index in [0.717, 1.165) is 15.2 Å². The second-order valence-electron chi connectivity index (χ2n) is 3.83. The molecule has 0 aliphatic rings. The fraction of sp³-hybridized carbons (Fsp3) is 0.250. The molecule has 0 bridgehead atoms. The summed E-state index contributed by atoms with van der Waals surface area (Å²) in [6.45, 7) is 1.94. The average Bonchev–Trinajstić information content (AvgIpc) is 2.67. The van der Waals surface area contributed by atoms with E-state index in [2.05, 4.69) is 20.9 Å². The van der Waals surface area contributed by atoms with Gasteiger partial charge in [-0.1, -0.05) is 15.9 Å². The monoisotopic (exact) mass is 314 g/mol. The number of rotatable bonds is 3. The molecule has 1 unspecified atom stereocenters. The average molecular weight is 315 g/mol. The first-order valence-corrected chi connectivity index (χ1v) is 6.85. The Bertz CT molecular complexity index is 527. The summed E-state index contributed by atoms with van der Waals surface area (Å²) in [5, 5.41) is 2.97. The third kappa shape index (κ3) is 3.12. The van der Waals surface area contributed by atoms with Gasteiger partial charge in [0.05, 0.1) is 10.7 Å². The van der Waals surface area contributed by atoms with Gasteiger partial charge in [0.25, 0.3) is 0 Å². The second kappa shape index (κ2) is 5.25. The highest BCUT2D eigenvalue weighted by atomic mass is 79.9. The van der Waals surface area contributed by atoms with Crippen molar-refractivity contribution in [2.45, 2.75) is 19.4 Å². The summed E-state index contributed by atoms with van der Waals surface area (Å²) in [4.78, 5) is 4.33. The lowest BCUT2D eigenvalue weighted by atomic mass is 10.0. The third-order valence-corrected chi connectivity index (χ3v) is 3.77. The van der Waals surface area contributed by atoms with Crippen LogP contribution in [0.2, 0.25) is 0 Å². The van der Waals surface area contributed by atoms with Gasteiger partial charge in [0.15, 0.2) is 0 Å². The van der Waals surface area contributed by atoms with Gasteiger partial charge < -0.3 is 5.73 Å². The molecule has 90 valence electrons. The molecule has 0 saturated heterocycles. The first-order chi connectivity index (χ1) is 8.06. The fourth-order valence-corrected chi connectivity index (χ4v) is 2.64. The molecular formula is C12H12BrFN2S. The van der Waals surface area contributed by atoms with E-state index in [4.69, 9.17) is 5.73 Å². The van der Waals surface area contributed by atoms with Crippen LogP contribution < -0.4 is 5.73 Å². The summed E-state index contributed by atoms with van der Waals surface area (Å²) in [7, 11) is 0. The largest absolute Gasteiger partial charge is 0.324 e. The molecule has 2 aromatic rings. The van der Waals surface area contributed by atoms with E-state index in [0.29, 0.717) is 12.0 Å². The zero-order valence-corrected chi connectivity index (χ0v) is 11.7. The Morgan fingerprint density at radius 1 is 1.53 bits per heavy atom. The van der Waals surface area contributed by atoms with Gasteiger partial charge in [-0.3, -0.25) is 0 Å². The first kappa shape index (κ1) is 12.7. The lowest BCUT2D eigenvalue weighted by molar-refractivity contribution is 0.578. The van der Waals surface area contributed by atoms with Gasteiger partial charge >= 0.3 is 0 Å². The summed E-state index contributed by atoms with van der Waals surface area (Å²) in [6.07, 6.45) is 0.553. The lowest BCUT2D eigenvalue weighted by Crippen LogP contribution is -2.15. The van der Waals surface area contributed by atoms with Crippen LogP contribution in [0, 0.1) is 12.7 Å². The summed E-state index contributed by atoms with van der Waals surface area (Å²) in [5.41, 5.74) is 7.44. The van der Waals surface area contributed by atoms with E-state index >= 15 is 0 Å². The van der Waals surface area contributed by atoms with E-state index in [-0.39, 0.29) is 11.9 Å². The van der Waals surface area contributed by atoms with Crippen LogP contribution in [-0.2, 0) is 6.42 Å². The van der Waals surface area contributed by atoms with Crippen LogP contribution in [-0.4, -0.2) is 4.98 Å². The van der Waals surface area contributed by atoms with Gasteiger partial charge in [0.1, 0.15) is 5.82 Å². The minimum Gasteiger partial charge on any atom is -0.324 e. The van der Waals surface area contributed by atoms with Gasteiger partial charge in [-0.05, 0) is 25.1 Å². The van der Waals surface area contributed by atoms with E-state index in [1.807, 2.05) is 12.3 Å². The molecule has 5 heteroatoms. The third-order valence-electron chi connectivity index (χ3n) is 2.45. The Balaban J connectivity index is 2.19. The summed E-state index contributed by atoms with van der Waals surface area (Å²) < 4.78 is 14.4. The number of aryl methyl sites for hydroxylation is 1. The van der Waals surface area contributed by atoms with Crippen LogP contribution in [0.15, 0.2) is 28.1 Å². The molecule has 1 aromatic heterocycles. The van der Waals surface area contributed by atoms with Gasteiger partial charge in [-0.2, -0.15) is 0 Å². The van der Waals surface area contributed by atoms with Crippen LogP contribution in [0.3, 0.4) is 0 Å². The molecule has 0 spiro atoms. The van der Waals surface area contributed by atoms with E-state index < -0.39 is 0 Å². The van der Waals surface area contributed by atoms with Crippen molar-refractivity contribution in [2.24, 2.45) is 5.73 Å². The zero-order chi connectivity index (χ0) is 12.4. The zero-order valence-electron chi connectivity index (χ0n) is 9.28. The Labute approximate surface area is 112 Å². The molecular weight excluding hydrogens is 303 g/mol. The van der Waals surface area contributed by atoms with Crippen molar-refractivity contribution < 1.29 is 4.39 Å². The summed E-state index contributed by atoms with van der Waals surface area (Å²) >= 11 is 4.90.